The maximum atomic E-state index is 6.23. The molecule has 0 radical (unpaired) electrons. The summed E-state index contributed by atoms with van der Waals surface area (Å²) in [6, 6.07) is 36.6. The molecule has 4 aromatic carbocycles. The quantitative estimate of drug-likeness (QED) is 0.319. The molecule has 0 heterocycles. The molecule has 0 aliphatic heterocycles. The summed E-state index contributed by atoms with van der Waals surface area (Å²) < 4.78 is 6.23. The third kappa shape index (κ3) is 4.31. The van der Waals surface area contributed by atoms with Gasteiger partial charge in [0.15, 0.2) is 0 Å². The first-order valence-corrected chi connectivity index (χ1v) is 10.8. The van der Waals surface area contributed by atoms with Gasteiger partial charge in [0, 0.05) is 5.56 Å². The molecule has 1 fully saturated rings. The smallest absolute Gasteiger partial charge is 0.127 e. The zero-order valence-electron chi connectivity index (χ0n) is 17.1. The molecule has 0 N–H and O–H groups in total. The third-order valence-electron chi connectivity index (χ3n) is 5.85. The van der Waals surface area contributed by atoms with Crippen LogP contribution < -0.4 is 4.74 Å². The van der Waals surface area contributed by atoms with Crippen LogP contribution in [0.15, 0.2) is 103 Å². The van der Waals surface area contributed by atoms with E-state index >= 15 is 0 Å². The largest absolute Gasteiger partial charge is 0.488 e. The average molecular weight is 391 g/mol. The minimum atomic E-state index is 0.572. The number of hydrogen-bond acceptors (Lipinski definition) is 1. The lowest BCUT2D eigenvalue weighted by atomic mass is 9.94. The lowest BCUT2D eigenvalue weighted by Gasteiger charge is -2.15. The Bertz CT molecular complexity index is 1110. The Morgan fingerprint density at radius 2 is 1.27 bits per heavy atom. The SMILES string of the molecule is c1ccc(COc2ccccc2-c2ccccc2Cc2ccc(C3CC3)cc2)cc1. The fourth-order valence-corrected chi connectivity index (χ4v) is 4.03. The van der Waals surface area contributed by atoms with Crippen molar-refractivity contribution in [3.63, 3.8) is 0 Å². The van der Waals surface area contributed by atoms with E-state index in [9.17, 15) is 0 Å². The Balaban J connectivity index is 1.40. The normalized spacial score (nSPS) is 13.2. The van der Waals surface area contributed by atoms with E-state index in [0.717, 1.165) is 23.7 Å². The fourth-order valence-electron chi connectivity index (χ4n) is 4.03. The van der Waals surface area contributed by atoms with Gasteiger partial charge in [0.25, 0.3) is 0 Å². The second kappa shape index (κ2) is 8.59. The molecule has 1 aliphatic carbocycles. The molecular formula is C29H26O. The summed E-state index contributed by atoms with van der Waals surface area (Å²) in [7, 11) is 0. The first-order valence-electron chi connectivity index (χ1n) is 10.8. The standard InChI is InChI=1S/C29H26O/c1-2-8-23(9-3-1)21-30-29-13-7-6-12-28(29)27-11-5-4-10-26(27)20-22-14-16-24(17-15-22)25-18-19-25/h1-17,25H,18-21H2. The van der Waals surface area contributed by atoms with Crippen molar-refractivity contribution in [2.75, 3.05) is 0 Å². The highest BCUT2D eigenvalue weighted by molar-refractivity contribution is 5.73. The number of para-hydroxylation sites is 1. The van der Waals surface area contributed by atoms with Gasteiger partial charge < -0.3 is 4.74 Å². The van der Waals surface area contributed by atoms with Crippen LogP contribution in [-0.4, -0.2) is 0 Å². The summed E-state index contributed by atoms with van der Waals surface area (Å²) >= 11 is 0. The Morgan fingerprint density at radius 3 is 2.03 bits per heavy atom. The van der Waals surface area contributed by atoms with E-state index in [-0.39, 0.29) is 0 Å². The molecule has 1 saturated carbocycles. The molecule has 0 unspecified atom stereocenters. The Morgan fingerprint density at radius 1 is 0.600 bits per heavy atom. The summed E-state index contributed by atoms with van der Waals surface area (Å²) in [6.07, 6.45) is 3.62. The number of ether oxygens (including phenoxy) is 1. The van der Waals surface area contributed by atoms with Crippen LogP contribution in [-0.2, 0) is 13.0 Å². The van der Waals surface area contributed by atoms with Crippen LogP contribution in [0.5, 0.6) is 5.75 Å². The second-order valence-electron chi connectivity index (χ2n) is 8.12. The van der Waals surface area contributed by atoms with Crippen molar-refractivity contribution in [2.24, 2.45) is 0 Å². The summed E-state index contributed by atoms with van der Waals surface area (Å²) in [6.45, 7) is 0.572. The molecule has 0 saturated heterocycles. The summed E-state index contributed by atoms with van der Waals surface area (Å²) in [5.41, 5.74) is 7.75. The van der Waals surface area contributed by atoms with E-state index in [2.05, 4.69) is 78.9 Å². The maximum Gasteiger partial charge on any atom is 0.127 e. The Hall–Kier alpha value is -3.32. The van der Waals surface area contributed by atoms with Gasteiger partial charge in [-0.25, -0.2) is 0 Å². The molecule has 0 aromatic heterocycles. The first-order chi connectivity index (χ1) is 14.9. The van der Waals surface area contributed by atoms with Crippen molar-refractivity contribution in [2.45, 2.75) is 31.8 Å². The summed E-state index contributed by atoms with van der Waals surface area (Å²) in [5, 5.41) is 0. The van der Waals surface area contributed by atoms with Gasteiger partial charge in [0.05, 0.1) is 0 Å². The van der Waals surface area contributed by atoms with Crippen molar-refractivity contribution in [3.8, 4) is 16.9 Å². The van der Waals surface area contributed by atoms with Crippen LogP contribution in [0.4, 0.5) is 0 Å². The van der Waals surface area contributed by atoms with E-state index < -0.39 is 0 Å². The first kappa shape index (κ1) is 18.7. The predicted molar refractivity (Wildman–Crippen MR) is 124 cm³/mol. The molecule has 4 aromatic rings. The van der Waals surface area contributed by atoms with Crippen LogP contribution in [0.2, 0.25) is 0 Å². The molecule has 0 spiro atoms. The lowest BCUT2D eigenvalue weighted by Crippen LogP contribution is -1.98. The van der Waals surface area contributed by atoms with Gasteiger partial charge in [-0.3, -0.25) is 0 Å². The second-order valence-corrected chi connectivity index (χ2v) is 8.12. The van der Waals surface area contributed by atoms with E-state index in [1.165, 1.54) is 40.7 Å². The third-order valence-corrected chi connectivity index (χ3v) is 5.85. The molecule has 1 heteroatoms. The highest BCUT2D eigenvalue weighted by Gasteiger charge is 2.23. The van der Waals surface area contributed by atoms with E-state index in [4.69, 9.17) is 4.74 Å². The van der Waals surface area contributed by atoms with Gasteiger partial charge >= 0.3 is 0 Å². The highest BCUT2D eigenvalue weighted by atomic mass is 16.5. The van der Waals surface area contributed by atoms with Gasteiger partial charge in [-0.2, -0.15) is 0 Å². The van der Waals surface area contributed by atoms with Gasteiger partial charge in [-0.15, -0.1) is 0 Å². The molecule has 1 aliphatic rings. The lowest BCUT2D eigenvalue weighted by molar-refractivity contribution is 0.307. The minimum Gasteiger partial charge on any atom is -0.488 e. The fraction of sp³-hybridized carbons (Fsp3) is 0.172. The Labute approximate surface area is 179 Å². The molecule has 148 valence electrons. The van der Waals surface area contributed by atoms with Crippen LogP contribution in [0.1, 0.15) is 41.0 Å². The number of benzene rings is 4. The van der Waals surface area contributed by atoms with Gasteiger partial charge in [0.1, 0.15) is 12.4 Å². The predicted octanol–water partition coefficient (Wildman–Crippen LogP) is 7.40. The molecule has 5 rings (SSSR count). The molecule has 0 bridgehead atoms. The monoisotopic (exact) mass is 390 g/mol. The van der Waals surface area contributed by atoms with Crippen molar-refractivity contribution < 1.29 is 4.74 Å². The summed E-state index contributed by atoms with van der Waals surface area (Å²) in [5.74, 6) is 1.73. The zero-order chi connectivity index (χ0) is 20.2. The summed E-state index contributed by atoms with van der Waals surface area (Å²) in [4.78, 5) is 0. The van der Waals surface area contributed by atoms with Crippen molar-refractivity contribution >= 4 is 0 Å². The van der Waals surface area contributed by atoms with E-state index in [1.807, 2.05) is 24.3 Å². The molecule has 0 atom stereocenters. The van der Waals surface area contributed by atoms with Gasteiger partial charge in [-0.1, -0.05) is 97.1 Å². The zero-order valence-corrected chi connectivity index (χ0v) is 17.1. The Kier molecular flexibility index (Phi) is 5.35. The number of hydrogen-bond donors (Lipinski definition) is 0. The van der Waals surface area contributed by atoms with Gasteiger partial charge in [0.2, 0.25) is 0 Å². The van der Waals surface area contributed by atoms with Crippen LogP contribution in [0, 0.1) is 0 Å². The van der Waals surface area contributed by atoms with Crippen LogP contribution in [0.25, 0.3) is 11.1 Å². The van der Waals surface area contributed by atoms with Crippen molar-refractivity contribution in [3.05, 3.63) is 125 Å². The highest BCUT2D eigenvalue weighted by Crippen LogP contribution is 2.40. The molecule has 0 amide bonds. The van der Waals surface area contributed by atoms with Crippen LogP contribution in [0.3, 0.4) is 0 Å². The van der Waals surface area contributed by atoms with E-state index in [1.54, 1.807) is 0 Å². The maximum absolute atomic E-state index is 6.23. The van der Waals surface area contributed by atoms with Gasteiger partial charge in [-0.05, 0) is 59.1 Å². The molecule has 30 heavy (non-hydrogen) atoms. The number of rotatable bonds is 7. The topological polar surface area (TPSA) is 9.23 Å². The van der Waals surface area contributed by atoms with Crippen molar-refractivity contribution in [1.29, 1.82) is 0 Å². The van der Waals surface area contributed by atoms with Crippen molar-refractivity contribution in [1.82, 2.24) is 0 Å². The van der Waals surface area contributed by atoms with E-state index in [0.29, 0.717) is 6.61 Å². The average Bonchev–Trinajstić information content (AvgIpc) is 3.65. The minimum absolute atomic E-state index is 0.572. The van der Waals surface area contributed by atoms with Crippen LogP contribution >= 0.6 is 0 Å². The molecular weight excluding hydrogens is 364 g/mol. The molecule has 1 nitrogen and oxygen atoms in total.